The quantitative estimate of drug-likeness (QED) is 0.376. The van der Waals surface area contributed by atoms with Crippen LogP contribution in [0.4, 0.5) is 0 Å². The fourth-order valence-corrected chi connectivity index (χ4v) is 4.60. The van der Waals surface area contributed by atoms with Gasteiger partial charge in [-0.15, -0.1) is 24.0 Å². The minimum Gasteiger partial charge on any atom is -0.352 e. The molecule has 1 aliphatic carbocycles. The van der Waals surface area contributed by atoms with E-state index in [1.165, 1.54) is 32.7 Å². The molecule has 1 heterocycles. The van der Waals surface area contributed by atoms with E-state index in [2.05, 4.69) is 19.9 Å². The summed E-state index contributed by atoms with van der Waals surface area (Å²) in [5, 5.41) is 3.43. The molecule has 0 atom stereocenters. The molecule has 1 saturated carbocycles. The fraction of sp³-hybridized carbons (Fsp3) is 0.611. The number of benzene rings is 1. The maximum absolute atomic E-state index is 11.7. The maximum atomic E-state index is 11.7. The molecular weight excluding hydrogens is 463 g/mol. The number of guanidine groups is 1. The second kappa shape index (κ2) is 8.88. The normalized spacial score (nSPS) is 19.2. The summed E-state index contributed by atoms with van der Waals surface area (Å²) < 4.78 is 25.8. The molecule has 2 aliphatic rings. The van der Waals surface area contributed by atoms with Crippen LogP contribution in [0.15, 0.2) is 29.3 Å². The molecule has 1 aromatic rings. The zero-order valence-electron chi connectivity index (χ0n) is 15.5. The first kappa shape index (κ1) is 21.4. The Morgan fingerprint density at radius 3 is 2.58 bits per heavy atom. The predicted molar refractivity (Wildman–Crippen MR) is 116 cm³/mol. The Morgan fingerprint density at radius 2 is 2.00 bits per heavy atom. The van der Waals surface area contributed by atoms with Gasteiger partial charge in [-0.25, -0.2) is 13.1 Å². The summed E-state index contributed by atoms with van der Waals surface area (Å²) in [6.45, 7) is 2.82. The highest BCUT2D eigenvalue weighted by Gasteiger charge is 2.43. The number of nitrogens with one attached hydrogen (secondary N) is 2. The van der Waals surface area contributed by atoms with Crippen molar-refractivity contribution in [2.45, 2.75) is 38.0 Å². The Morgan fingerprint density at radius 1 is 1.27 bits per heavy atom. The first-order valence-electron chi connectivity index (χ1n) is 8.90. The Kier molecular flexibility index (Phi) is 7.32. The largest absolute Gasteiger partial charge is 0.352 e. The van der Waals surface area contributed by atoms with Crippen LogP contribution in [0.25, 0.3) is 0 Å². The van der Waals surface area contributed by atoms with Gasteiger partial charge in [-0.1, -0.05) is 30.7 Å². The van der Waals surface area contributed by atoms with Crippen LogP contribution >= 0.6 is 24.0 Å². The minimum atomic E-state index is -3.25. The van der Waals surface area contributed by atoms with Crippen LogP contribution in [0.2, 0.25) is 0 Å². The molecule has 1 aromatic carbocycles. The lowest BCUT2D eigenvalue weighted by Gasteiger charge is -2.38. The van der Waals surface area contributed by atoms with Crippen molar-refractivity contribution in [1.29, 1.82) is 0 Å². The zero-order chi connectivity index (χ0) is 17.9. The van der Waals surface area contributed by atoms with Crippen molar-refractivity contribution in [3.05, 3.63) is 35.4 Å². The summed E-state index contributed by atoms with van der Waals surface area (Å²) in [6, 6.07) is 7.69. The standard InChI is InChI=1S/C18H28N4O2S.HI/c1-19-17(22-10-9-18(14-22)7-4-8-18)21-12-15-5-3-6-16(11-15)13-25(23,24)20-2;/h3,5-6,11,20H,4,7-10,12-14H2,1-2H3,(H,19,21);1H. The molecule has 0 amide bonds. The highest BCUT2D eigenvalue weighted by Crippen LogP contribution is 2.47. The highest BCUT2D eigenvalue weighted by atomic mass is 127. The highest BCUT2D eigenvalue weighted by molar-refractivity contribution is 14.0. The third-order valence-corrected chi connectivity index (χ3v) is 6.81. The smallest absolute Gasteiger partial charge is 0.215 e. The summed E-state index contributed by atoms with van der Waals surface area (Å²) in [6.07, 6.45) is 5.33. The molecule has 146 valence electrons. The lowest BCUT2D eigenvalue weighted by molar-refractivity contribution is 0.151. The summed E-state index contributed by atoms with van der Waals surface area (Å²) in [4.78, 5) is 6.79. The van der Waals surface area contributed by atoms with Gasteiger partial charge in [0, 0.05) is 26.7 Å². The molecule has 3 rings (SSSR count). The summed E-state index contributed by atoms with van der Waals surface area (Å²) >= 11 is 0. The van der Waals surface area contributed by atoms with Gasteiger partial charge in [-0.05, 0) is 42.9 Å². The lowest BCUT2D eigenvalue weighted by atomic mass is 9.68. The summed E-state index contributed by atoms with van der Waals surface area (Å²) in [5.74, 6) is 0.942. The van der Waals surface area contributed by atoms with Crippen LogP contribution in [0, 0.1) is 5.41 Å². The van der Waals surface area contributed by atoms with E-state index >= 15 is 0 Å². The van der Waals surface area contributed by atoms with Crippen molar-refractivity contribution in [2.24, 2.45) is 10.4 Å². The number of nitrogens with zero attached hydrogens (tertiary/aromatic N) is 2. The monoisotopic (exact) mass is 492 g/mol. The molecule has 0 aromatic heterocycles. The molecule has 0 radical (unpaired) electrons. The molecular formula is C18H29IN4O2S. The van der Waals surface area contributed by atoms with Crippen molar-refractivity contribution in [3.8, 4) is 0 Å². The van der Waals surface area contributed by atoms with Gasteiger partial charge in [0.2, 0.25) is 10.0 Å². The van der Waals surface area contributed by atoms with Crippen molar-refractivity contribution < 1.29 is 8.42 Å². The molecule has 1 saturated heterocycles. The van der Waals surface area contributed by atoms with E-state index in [9.17, 15) is 8.42 Å². The summed E-state index contributed by atoms with van der Waals surface area (Å²) in [7, 11) is 0.0134. The second-order valence-electron chi connectivity index (χ2n) is 7.21. The van der Waals surface area contributed by atoms with Crippen molar-refractivity contribution in [3.63, 3.8) is 0 Å². The number of halogens is 1. The van der Waals surface area contributed by atoms with Gasteiger partial charge in [0.05, 0.1) is 5.75 Å². The zero-order valence-corrected chi connectivity index (χ0v) is 18.6. The number of sulfonamides is 1. The average molecular weight is 492 g/mol. The summed E-state index contributed by atoms with van der Waals surface area (Å²) in [5.41, 5.74) is 2.39. The molecule has 1 spiro atoms. The van der Waals surface area contributed by atoms with Gasteiger partial charge in [-0.3, -0.25) is 4.99 Å². The molecule has 0 bridgehead atoms. The van der Waals surface area contributed by atoms with Gasteiger partial charge < -0.3 is 10.2 Å². The topological polar surface area (TPSA) is 73.8 Å². The van der Waals surface area contributed by atoms with E-state index in [-0.39, 0.29) is 29.7 Å². The van der Waals surface area contributed by atoms with Crippen molar-refractivity contribution in [1.82, 2.24) is 14.9 Å². The Balaban J connectivity index is 0.00000243. The van der Waals surface area contributed by atoms with Gasteiger partial charge in [0.15, 0.2) is 5.96 Å². The molecule has 2 fully saturated rings. The minimum absolute atomic E-state index is 0. The maximum Gasteiger partial charge on any atom is 0.215 e. The van der Waals surface area contributed by atoms with E-state index in [1.807, 2.05) is 31.3 Å². The third kappa shape index (κ3) is 5.10. The molecule has 1 aliphatic heterocycles. The Hall–Kier alpha value is -0.870. The van der Waals surface area contributed by atoms with Crippen LogP contribution in [0.3, 0.4) is 0 Å². The first-order valence-corrected chi connectivity index (χ1v) is 10.6. The van der Waals surface area contributed by atoms with Gasteiger partial charge in [0.25, 0.3) is 0 Å². The van der Waals surface area contributed by atoms with Gasteiger partial charge in [0.1, 0.15) is 0 Å². The number of likely N-dealkylation sites (tertiary alicyclic amines) is 1. The van der Waals surface area contributed by atoms with E-state index in [1.54, 1.807) is 0 Å². The van der Waals surface area contributed by atoms with E-state index in [0.717, 1.165) is 30.2 Å². The number of aliphatic imine (C=N–C) groups is 1. The van der Waals surface area contributed by atoms with Crippen LogP contribution < -0.4 is 10.0 Å². The number of rotatable bonds is 5. The van der Waals surface area contributed by atoms with Gasteiger partial charge in [-0.2, -0.15) is 0 Å². The fourth-order valence-electron chi connectivity index (χ4n) is 3.84. The predicted octanol–water partition coefficient (Wildman–Crippen LogP) is 2.31. The molecule has 8 heteroatoms. The van der Waals surface area contributed by atoms with Crippen LogP contribution in [-0.4, -0.2) is 46.5 Å². The van der Waals surface area contributed by atoms with E-state index < -0.39 is 10.0 Å². The SMILES string of the molecule is CN=C(NCc1cccc(CS(=O)(=O)NC)c1)N1CCC2(CCC2)C1.I. The lowest BCUT2D eigenvalue weighted by Crippen LogP contribution is -2.42. The number of hydrogen-bond acceptors (Lipinski definition) is 3. The average Bonchev–Trinajstić information content (AvgIpc) is 3.01. The van der Waals surface area contributed by atoms with Crippen molar-refractivity contribution >= 4 is 40.0 Å². The Bertz CT molecular complexity index is 747. The molecule has 0 unspecified atom stereocenters. The van der Waals surface area contributed by atoms with Crippen LogP contribution in [0.5, 0.6) is 0 Å². The second-order valence-corrected chi connectivity index (χ2v) is 9.14. The molecule has 26 heavy (non-hydrogen) atoms. The molecule has 6 nitrogen and oxygen atoms in total. The first-order chi connectivity index (χ1) is 12.0. The third-order valence-electron chi connectivity index (χ3n) is 5.47. The van der Waals surface area contributed by atoms with Crippen molar-refractivity contribution in [2.75, 3.05) is 27.2 Å². The number of hydrogen-bond donors (Lipinski definition) is 2. The van der Waals surface area contributed by atoms with E-state index in [0.29, 0.717) is 12.0 Å². The van der Waals surface area contributed by atoms with Crippen LogP contribution in [0.1, 0.15) is 36.8 Å². The van der Waals surface area contributed by atoms with E-state index in [4.69, 9.17) is 0 Å². The Labute approximate surface area is 173 Å². The van der Waals surface area contributed by atoms with Crippen LogP contribution in [-0.2, 0) is 22.3 Å². The molecule has 2 N–H and O–H groups in total. The van der Waals surface area contributed by atoms with Gasteiger partial charge >= 0.3 is 0 Å².